The number of hydrogen-bond donors (Lipinski definition) is 1. The highest BCUT2D eigenvalue weighted by atomic mass is 16.5. The molecule has 0 spiro atoms. The van der Waals surface area contributed by atoms with Gasteiger partial charge in [0, 0.05) is 12.6 Å². The zero-order valence-corrected chi connectivity index (χ0v) is 12.5. The first-order valence-electron chi connectivity index (χ1n) is 8.02. The van der Waals surface area contributed by atoms with Gasteiger partial charge in [-0.25, -0.2) is 0 Å². The molecule has 3 nitrogen and oxygen atoms in total. The van der Waals surface area contributed by atoms with Crippen molar-refractivity contribution in [1.29, 1.82) is 0 Å². The number of nitrogens with two attached hydrogens (primary N) is 1. The zero-order chi connectivity index (χ0) is 14.0. The van der Waals surface area contributed by atoms with Crippen LogP contribution in [0.5, 0.6) is 5.75 Å². The first-order valence-corrected chi connectivity index (χ1v) is 8.02. The molecule has 0 atom stereocenters. The van der Waals surface area contributed by atoms with Crippen LogP contribution in [0.3, 0.4) is 0 Å². The quantitative estimate of drug-likeness (QED) is 0.793. The van der Waals surface area contributed by atoms with Gasteiger partial charge in [0.1, 0.15) is 12.4 Å². The van der Waals surface area contributed by atoms with Gasteiger partial charge in [-0.05, 0) is 44.5 Å². The minimum absolute atomic E-state index is 0.745. The SMILES string of the molecule is NCCCN(CCOc1ccccc1)C1CCCCC1. The zero-order valence-electron chi connectivity index (χ0n) is 12.5. The predicted octanol–water partition coefficient (Wildman–Crippen LogP) is 3.05. The second-order valence-electron chi connectivity index (χ2n) is 5.63. The van der Waals surface area contributed by atoms with Crippen LogP contribution in [0.1, 0.15) is 38.5 Å². The average molecular weight is 276 g/mol. The average Bonchev–Trinajstić information content (AvgIpc) is 2.52. The number of rotatable bonds is 8. The van der Waals surface area contributed by atoms with Crippen molar-refractivity contribution in [2.75, 3.05) is 26.2 Å². The van der Waals surface area contributed by atoms with Gasteiger partial charge in [-0.3, -0.25) is 4.90 Å². The minimum Gasteiger partial charge on any atom is -0.492 e. The molecule has 0 saturated heterocycles. The van der Waals surface area contributed by atoms with Crippen molar-refractivity contribution in [2.24, 2.45) is 5.73 Å². The summed E-state index contributed by atoms with van der Waals surface area (Å²) in [6.07, 6.45) is 7.93. The molecule has 0 unspecified atom stereocenters. The number of benzene rings is 1. The van der Waals surface area contributed by atoms with E-state index >= 15 is 0 Å². The Morgan fingerprint density at radius 2 is 1.80 bits per heavy atom. The normalized spacial score (nSPS) is 16.5. The molecular weight excluding hydrogens is 248 g/mol. The van der Waals surface area contributed by atoms with E-state index in [2.05, 4.69) is 4.90 Å². The van der Waals surface area contributed by atoms with E-state index in [0.717, 1.165) is 44.5 Å². The summed E-state index contributed by atoms with van der Waals surface area (Å²) in [7, 11) is 0. The maximum absolute atomic E-state index is 5.83. The summed E-state index contributed by atoms with van der Waals surface area (Å²) in [5.74, 6) is 0.968. The Kier molecular flexibility index (Phi) is 6.89. The Morgan fingerprint density at radius 3 is 2.50 bits per heavy atom. The van der Waals surface area contributed by atoms with Crippen molar-refractivity contribution in [3.05, 3.63) is 30.3 Å². The van der Waals surface area contributed by atoms with Crippen LogP contribution in [0.4, 0.5) is 0 Å². The van der Waals surface area contributed by atoms with Crippen molar-refractivity contribution >= 4 is 0 Å². The molecule has 2 N–H and O–H groups in total. The van der Waals surface area contributed by atoms with E-state index in [0.29, 0.717) is 0 Å². The van der Waals surface area contributed by atoms with Crippen molar-refractivity contribution in [2.45, 2.75) is 44.6 Å². The molecule has 0 radical (unpaired) electrons. The van der Waals surface area contributed by atoms with Gasteiger partial charge in [0.05, 0.1) is 0 Å². The molecule has 1 aromatic carbocycles. The fourth-order valence-electron chi connectivity index (χ4n) is 3.01. The summed E-state index contributed by atoms with van der Waals surface area (Å²) >= 11 is 0. The lowest BCUT2D eigenvalue weighted by atomic mass is 9.94. The second kappa shape index (κ2) is 8.98. The Bertz CT molecular complexity index is 349. The molecule has 2 rings (SSSR count). The molecule has 20 heavy (non-hydrogen) atoms. The highest BCUT2D eigenvalue weighted by Gasteiger charge is 2.20. The lowest BCUT2D eigenvalue weighted by Gasteiger charge is -2.34. The monoisotopic (exact) mass is 276 g/mol. The smallest absolute Gasteiger partial charge is 0.119 e. The molecule has 1 saturated carbocycles. The standard InChI is InChI=1S/C17H28N2O/c18-12-7-13-19(16-8-3-1-4-9-16)14-15-20-17-10-5-2-6-11-17/h2,5-6,10-11,16H,1,3-4,7-9,12-15,18H2. The highest BCUT2D eigenvalue weighted by Crippen LogP contribution is 2.22. The fourth-order valence-corrected chi connectivity index (χ4v) is 3.01. The summed E-state index contributed by atoms with van der Waals surface area (Å²) in [5, 5.41) is 0. The van der Waals surface area contributed by atoms with E-state index in [-0.39, 0.29) is 0 Å². The van der Waals surface area contributed by atoms with Crippen LogP contribution in [-0.2, 0) is 0 Å². The van der Waals surface area contributed by atoms with E-state index < -0.39 is 0 Å². The molecule has 1 aliphatic rings. The van der Waals surface area contributed by atoms with E-state index in [1.54, 1.807) is 0 Å². The van der Waals surface area contributed by atoms with E-state index in [1.165, 1.54) is 32.1 Å². The Balaban J connectivity index is 1.77. The van der Waals surface area contributed by atoms with Crippen molar-refractivity contribution in [3.63, 3.8) is 0 Å². The van der Waals surface area contributed by atoms with Gasteiger partial charge in [-0.2, -0.15) is 0 Å². The molecule has 0 amide bonds. The lowest BCUT2D eigenvalue weighted by molar-refractivity contribution is 0.129. The van der Waals surface area contributed by atoms with Crippen LogP contribution < -0.4 is 10.5 Å². The van der Waals surface area contributed by atoms with E-state index in [4.69, 9.17) is 10.5 Å². The van der Waals surface area contributed by atoms with Crippen LogP contribution in [0.15, 0.2) is 30.3 Å². The largest absolute Gasteiger partial charge is 0.492 e. The van der Waals surface area contributed by atoms with Gasteiger partial charge >= 0.3 is 0 Å². The van der Waals surface area contributed by atoms with Crippen molar-refractivity contribution in [1.82, 2.24) is 4.90 Å². The second-order valence-corrected chi connectivity index (χ2v) is 5.63. The maximum atomic E-state index is 5.83. The topological polar surface area (TPSA) is 38.5 Å². The van der Waals surface area contributed by atoms with Gasteiger partial charge in [0.2, 0.25) is 0 Å². The fraction of sp³-hybridized carbons (Fsp3) is 0.647. The first kappa shape index (κ1) is 15.3. The molecule has 0 heterocycles. The molecule has 1 aromatic rings. The van der Waals surface area contributed by atoms with E-state index in [9.17, 15) is 0 Å². The number of nitrogens with zero attached hydrogens (tertiary/aromatic N) is 1. The molecular formula is C17H28N2O. The van der Waals surface area contributed by atoms with Crippen LogP contribution in [0, 0.1) is 0 Å². The minimum atomic E-state index is 0.745. The van der Waals surface area contributed by atoms with Gasteiger partial charge < -0.3 is 10.5 Å². The molecule has 3 heteroatoms. The summed E-state index contributed by atoms with van der Waals surface area (Å²) in [6.45, 7) is 3.67. The number of para-hydroxylation sites is 1. The summed E-state index contributed by atoms with van der Waals surface area (Å²) in [5.41, 5.74) is 5.67. The molecule has 1 aliphatic carbocycles. The van der Waals surface area contributed by atoms with Crippen LogP contribution in [0.25, 0.3) is 0 Å². The molecule has 0 aromatic heterocycles. The molecule has 112 valence electrons. The molecule has 0 aliphatic heterocycles. The van der Waals surface area contributed by atoms with Gasteiger partial charge in [-0.15, -0.1) is 0 Å². The molecule has 1 fully saturated rings. The van der Waals surface area contributed by atoms with Crippen LogP contribution >= 0.6 is 0 Å². The summed E-state index contributed by atoms with van der Waals surface area (Å²) in [6, 6.07) is 10.8. The van der Waals surface area contributed by atoms with Gasteiger partial charge in [0.15, 0.2) is 0 Å². The van der Waals surface area contributed by atoms with E-state index in [1.807, 2.05) is 30.3 Å². The Hall–Kier alpha value is -1.06. The van der Waals surface area contributed by atoms with Gasteiger partial charge in [-0.1, -0.05) is 37.5 Å². The summed E-state index contributed by atoms with van der Waals surface area (Å²) < 4.78 is 5.83. The third-order valence-electron chi connectivity index (χ3n) is 4.13. The third-order valence-corrected chi connectivity index (χ3v) is 4.13. The maximum Gasteiger partial charge on any atom is 0.119 e. The Labute approximate surface area is 123 Å². The Morgan fingerprint density at radius 1 is 1.05 bits per heavy atom. The predicted molar refractivity (Wildman–Crippen MR) is 84.1 cm³/mol. The number of ether oxygens (including phenoxy) is 1. The van der Waals surface area contributed by atoms with Crippen LogP contribution in [-0.4, -0.2) is 37.2 Å². The summed E-state index contributed by atoms with van der Waals surface area (Å²) in [4.78, 5) is 2.59. The van der Waals surface area contributed by atoms with Crippen molar-refractivity contribution in [3.8, 4) is 5.75 Å². The highest BCUT2D eigenvalue weighted by molar-refractivity contribution is 5.20. The van der Waals surface area contributed by atoms with Crippen molar-refractivity contribution < 1.29 is 4.74 Å². The molecule has 0 bridgehead atoms. The van der Waals surface area contributed by atoms with Crippen LogP contribution in [0.2, 0.25) is 0 Å². The lowest BCUT2D eigenvalue weighted by Crippen LogP contribution is -2.40. The van der Waals surface area contributed by atoms with Gasteiger partial charge in [0.25, 0.3) is 0 Å². The third kappa shape index (κ3) is 5.14. The number of hydrogen-bond acceptors (Lipinski definition) is 3. The first-order chi connectivity index (χ1) is 9.90.